The Morgan fingerprint density at radius 1 is 0.750 bits per heavy atom. The van der Waals surface area contributed by atoms with Crippen molar-refractivity contribution in [2.45, 2.75) is 13.3 Å². The third kappa shape index (κ3) is 11.8. The molecule has 164 valence electrons. The fourth-order valence-electron chi connectivity index (χ4n) is 2.34. The van der Waals surface area contributed by atoms with Crippen LogP contribution in [0.2, 0.25) is 0 Å². The molecule has 0 fully saturated rings. The zero-order valence-electron chi connectivity index (χ0n) is 18.4. The smallest absolute Gasteiger partial charge is 0.330 e. The topological polar surface area (TPSA) is 60.4 Å². The minimum absolute atomic E-state index is 0.334. The van der Waals surface area contributed by atoms with Crippen LogP contribution in [0.4, 0.5) is 0 Å². The first kappa shape index (κ1) is 26.0. The lowest BCUT2D eigenvalue weighted by Crippen LogP contribution is -1.92. The zero-order valence-corrected chi connectivity index (χ0v) is 18.4. The highest BCUT2D eigenvalue weighted by Crippen LogP contribution is 2.02. The summed E-state index contributed by atoms with van der Waals surface area (Å²) in [6.45, 7) is 2.09. The lowest BCUT2D eigenvalue weighted by molar-refractivity contribution is -0.134. The highest BCUT2D eigenvalue weighted by Gasteiger charge is 1.90. The molecular formula is C28H28O4. The number of hydrogen-bond donors (Lipinski definition) is 0. The van der Waals surface area contributed by atoms with Gasteiger partial charge in [-0.15, -0.1) is 0 Å². The van der Waals surface area contributed by atoms with Crippen molar-refractivity contribution in [3.8, 4) is 0 Å². The molecule has 4 nitrogen and oxygen atoms in total. The van der Waals surface area contributed by atoms with Crippen LogP contribution in [-0.2, 0) is 20.7 Å². The van der Waals surface area contributed by atoms with Crippen LogP contribution < -0.4 is 0 Å². The molecule has 0 radical (unpaired) electrons. The van der Waals surface area contributed by atoms with E-state index in [0.29, 0.717) is 0 Å². The quantitative estimate of drug-likeness (QED) is 0.281. The standard InChI is InChI=1S/C10H10O2.C9H10O.C9H8O/c1-12-10(11)8-7-9-5-3-2-4-6-9;1-2-8-3-5-9(7-10)6-4-8;10-8-4-7-9-5-2-1-3-6-9/h2-8H,1H3;3-7H,2H2,1H3;1-8H. The van der Waals surface area contributed by atoms with Crippen molar-refractivity contribution in [3.05, 3.63) is 119 Å². The van der Waals surface area contributed by atoms with Gasteiger partial charge in [0.2, 0.25) is 0 Å². The van der Waals surface area contributed by atoms with Gasteiger partial charge in [0, 0.05) is 11.6 Å². The Morgan fingerprint density at radius 2 is 1.28 bits per heavy atom. The van der Waals surface area contributed by atoms with Crippen LogP contribution in [0.5, 0.6) is 0 Å². The molecule has 0 spiro atoms. The minimum Gasteiger partial charge on any atom is -0.466 e. The molecule has 0 aliphatic rings. The highest BCUT2D eigenvalue weighted by molar-refractivity contribution is 5.86. The second kappa shape index (κ2) is 16.7. The van der Waals surface area contributed by atoms with E-state index in [2.05, 4.69) is 11.7 Å². The highest BCUT2D eigenvalue weighted by atomic mass is 16.5. The molecule has 0 unspecified atom stereocenters. The Balaban J connectivity index is 0.000000241. The number of esters is 1. The van der Waals surface area contributed by atoms with Crippen LogP contribution in [0.25, 0.3) is 12.2 Å². The lowest BCUT2D eigenvalue weighted by atomic mass is 10.1. The number of rotatable bonds is 6. The van der Waals surface area contributed by atoms with Crippen molar-refractivity contribution in [1.82, 2.24) is 0 Å². The average Bonchev–Trinajstić information content (AvgIpc) is 2.88. The van der Waals surface area contributed by atoms with Gasteiger partial charge in [-0.05, 0) is 35.3 Å². The van der Waals surface area contributed by atoms with E-state index in [0.717, 1.165) is 35.7 Å². The van der Waals surface area contributed by atoms with Gasteiger partial charge in [0.1, 0.15) is 12.6 Å². The second-order valence-electron chi connectivity index (χ2n) is 6.39. The maximum Gasteiger partial charge on any atom is 0.330 e. The summed E-state index contributed by atoms with van der Waals surface area (Å²) in [5.74, 6) is -0.334. The minimum atomic E-state index is -0.334. The molecule has 3 rings (SSSR count). The molecule has 0 heterocycles. The van der Waals surface area contributed by atoms with Crippen LogP contribution in [0, 0.1) is 0 Å². The summed E-state index contributed by atoms with van der Waals surface area (Å²) in [5.41, 5.74) is 4.06. The zero-order chi connectivity index (χ0) is 23.4. The number of benzene rings is 3. The molecule has 0 aliphatic carbocycles. The van der Waals surface area contributed by atoms with E-state index in [-0.39, 0.29) is 5.97 Å². The second-order valence-corrected chi connectivity index (χ2v) is 6.39. The summed E-state index contributed by atoms with van der Waals surface area (Å²) in [5, 5.41) is 0. The number of aldehydes is 2. The molecule has 0 saturated heterocycles. The van der Waals surface area contributed by atoms with Crippen LogP contribution >= 0.6 is 0 Å². The van der Waals surface area contributed by atoms with E-state index >= 15 is 0 Å². The molecule has 0 atom stereocenters. The molecular weight excluding hydrogens is 400 g/mol. The van der Waals surface area contributed by atoms with Gasteiger partial charge in [0.05, 0.1) is 7.11 Å². The first-order valence-electron chi connectivity index (χ1n) is 10.1. The van der Waals surface area contributed by atoms with Gasteiger partial charge in [0.15, 0.2) is 0 Å². The van der Waals surface area contributed by atoms with Crippen molar-refractivity contribution in [2.75, 3.05) is 7.11 Å². The SMILES string of the molecule is CCc1ccc(C=O)cc1.COC(=O)C=Cc1ccccc1.O=CC=Cc1ccccc1. The average molecular weight is 429 g/mol. The third-order valence-corrected chi connectivity index (χ3v) is 4.10. The molecule has 0 saturated carbocycles. The van der Waals surface area contributed by atoms with E-state index in [4.69, 9.17) is 0 Å². The van der Waals surface area contributed by atoms with Crippen molar-refractivity contribution >= 4 is 30.7 Å². The Labute approximate surface area is 189 Å². The summed E-state index contributed by atoms with van der Waals surface area (Å²) < 4.78 is 4.45. The summed E-state index contributed by atoms with van der Waals surface area (Å²) in [6.07, 6.45) is 9.02. The van der Waals surface area contributed by atoms with Gasteiger partial charge in [-0.25, -0.2) is 4.79 Å². The van der Waals surface area contributed by atoms with Gasteiger partial charge in [-0.1, -0.05) is 97.9 Å². The monoisotopic (exact) mass is 428 g/mol. The van der Waals surface area contributed by atoms with Crippen molar-refractivity contribution < 1.29 is 19.1 Å². The van der Waals surface area contributed by atoms with Crippen LogP contribution in [0.15, 0.2) is 97.1 Å². The molecule has 4 heteroatoms. The number of carbonyl (C=O) groups is 3. The van der Waals surface area contributed by atoms with Crippen molar-refractivity contribution in [1.29, 1.82) is 0 Å². The van der Waals surface area contributed by atoms with E-state index in [9.17, 15) is 14.4 Å². The van der Waals surface area contributed by atoms with E-state index in [1.165, 1.54) is 24.8 Å². The van der Waals surface area contributed by atoms with Gasteiger partial charge in [-0.3, -0.25) is 9.59 Å². The van der Waals surface area contributed by atoms with Crippen LogP contribution in [-0.4, -0.2) is 25.7 Å². The van der Waals surface area contributed by atoms with Crippen molar-refractivity contribution in [2.24, 2.45) is 0 Å². The molecule has 3 aromatic carbocycles. The first-order valence-corrected chi connectivity index (χ1v) is 10.1. The molecule has 0 bridgehead atoms. The molecule has 0 amide bonds. The van der Waals surface area contributed by atoms with E-state index in [1.807, 2.05) is 84.9 Å². The Kier molecular flexibility index (Phi) is 13.6. The van der Waals surface area contributed by atoms with Gasteiger partial charge < -0.3 is 4.74 Å². The van der Waals surface area contributed by atoms with Gasteiger partial charge >= 0.3 is 5.97 Å². The van der Waals surface area contributed by atoms with Gasteiger partial charge in [-0.2, -0.15) is 0 Å². The number of aryl methyl sites for hydroxylation is 1. The van der Waals surface area contributed by atoms with Crippen molar-refractivity contribution in [3.63, 3.8) is 0 Å². The maximum absolute atomic E-state index is 10.7. The molecule has 32 heavy (non-hydrogen) atoms. The number of hydrogen-bond acceptors (Lipinski definition) is 4. The number of carbonyl (C=O) groups excluding carboxylic acids is 3. The van der Waals surface area contributed by atoms with E-state index in [1.54, 1.807) is 12.2 Å². The largest absolute Gasteiger partial charge is 0.466 e. The summed E-state index contributed by atoms with van der Waals surface area (Å²) in [4.78, 5) is 30.8. The predicted octanol–water partition coefficient (Wildman–Crippen LogP) is 5.83. The lowest BCUT2D eigenvalue weighted by Gasteiger charge is -1.93. The fraction of sp³-hybridized carbons (Fsp3) is 0.107. The fourth-order valence-corrected chi connectivity index (χ4v) is 2.34. The number of allylic oxidation sites excluding steroid dienone is 1. The number of methoxy groups -OCH3 is 1. The summed E-state index contributed by atoms with van der Waals surface area (Å²) in [7, 11) is 1.36. The maximum atomic E-state index is 10.7. The Morgan fingerprint density at radius 3 is 1.72 bits per heavy atom. The predicted molar refractivity (Wildman–Crippen MR) is 130 cm³/mol. The van der Waals surface area contributed by atoms with E-state index < -0.39 is 0 Å². The van der Waals surface area contributed by atoms with Gasteiger partial charge in [0.25, 0.3) is 0 Å². The van der Waals surface area contributed by atoms with Crippen LogP contribution in [0.1, 0.15) is 34.0 Å². The Hall–Kier alpha value is -4.05. The molecule has 3 aromatic rings. The molecule has 0 N–H and O–H groups in total. The first-order chi connectivity index (χ1) is 15.6. The molecule has 0 aromatic heterocycles. The molecule has 0 aliphatic heterocycles. The normalized spacial score (nSPS) is 9.81. The summed E-state index contributed by atoms with van der Waals surface area (Å²) in [6, 6.07) is 26.9. The third-order valence-electron chi connectivity index (χ3n) is 4.10. The van der Waals surface area contributed by atoms with Crippen LogP contribution in [0.3, 0.4) is 0 Å². The summed E-state index contributed by atoms with van der Waals surface area (Å²) >= 11 is 0. The Bertz CT molecular complexity index is 973. The number of ether oxygens (including phenoxy) is 1.